The van der Waals surface area contributed by atoms with Crippen LogP contribution < -0.4 is 5.73 Å². The first-order valence-electron chi connectivity index (χ1n) is 3.61. The first kappa shape index (κ1) is 8.66. The van der Waals surface area contributed by atoms with Gasteiger partial charge in [0.25, 0.3) is 0 Å². The van der Waals surface area contributed by atoms with Crippen LogP contribution in [-0.2, 0) is 0 Å². The van der Waals surface area contributed by atoms with Crippen LogP contribution in [0.15, 0.2) is 22.6 Å². The fourth-order valence-corrected chi connectivity index (χ4v) is 1.27. The molecule has 1 aromatic heterocycles. The molecule has 0 aliphatic carbocycles. The number of hydrogen-bond acceptors (Lipinski definition) is 3. The molecule has 0 unspecified atom stereocenters. The number of halogens is 2. The van der Waals surface area contributed by atoms with Crippen molar-refractivity contribution in [2.24, 2.45) is 0 Å². The molecule has 3 nitrogen and oxygen atoms in total. The lowest BCUT2D eigenvalue weighted by atomic mass is 10.3. The summed E-state index contributed by atoms with van der Waals surface area (Å²) in [4.78, 5) is 3.30. The molecular weight excluding hydrogens is 211 g/mol. The summed E-state index contributed by atoms with van der Waals surface area (Å²) in [5.74, 6) is 0.274. The van der Waals surface area contributed by atoms with Gasteiger partial charge in [-0.05, 0) is 12.1 Å². The number of anilines is 1. The average Bonchev–Trinajstić information content (AvgIpc) is 2.49. The van der Waals surface area contributed by atoms with E-state index in [0.717, 1.165) is 0 Å². The number of hydrogen-bond donors (Lipinski definition) is 1. The van der Waals surface area contributed by atoms with E-state index in [4.69, 9.17) is 33.4 Å². The minimum atomic E-state index is -0.758. The van der Waals surface area contributed by atoms with Crippen LogP contribution in [-0.4, -0.2) is 4.98 Å². The second kappa shape index (κ2) is 3.09. The van der Waals surface area contributed by atoms with Gasteiger partial charge in [0, 0.05) is 0 Å². The molecule has 0 saturated heterocycles. The lowest BCUT2D eigenvalue weighted by Crippen LogP contribution is -1.85. The van der Waals surface area contributed by atoms with E-state index in [1.54, 1.807) is 18.2 Å². The van der Waals surface area contributed by atoms with Crippen LogP contribution in [0.25, 0.3) is 11.1 Å². The molecule has 0 atom stereocenters. The Kier molecular flexibility index (Phi) is 2.06. The second-order valence-electron chi connectivity index (χ2n) is 2.55. The van der Waals surface area contributed by atoms with Crippen LogP contribution in [0.1, 0.15) is 10.7 Å². The van der Waals surface area contributed by atoms with E-state index in [2.05, 4.69) is 4.98 Å². The second-order valence-corrected chi connectivity index (χ2v) is 3.64. The molecule has 1 heterocycles. The third-order valence-corrected chi connectivity index (χ3v) is 2.03. The van der Waals surface area contributed by atoms with Crippen molar-refractivity contribution in [2.75, 3.05) is 5.73 Å². The fraction of sp³-hybridized carbons (Fsp3) is 0.125. The maximum absolute atomic E-state index is 5.66. The number of rotatable bonds is 1. The number of alkyl halides is 2. The Morgan fingerprint density at radius 2 is 2.15 bits per heavy atom. The molecule has 2 aromatic rings. The van der Waals surface area contributed by atoms with Gasteiger partial charge in [-0.3, -0.25) is 0 Å². The predicted molar refractivity (Wildman–Crippen MR) is 52.9 cm³/mol. The lowest BCUT2D eigenvalue weighted by Gasteiger charge is -1.89. The zero-order chi connectivity index (χ0) is 9.42. The summed E-state index contributed by atoms with van der Waals surface area (Å²) in [5.41, 5.74) is 7.42. The normalized spacial score (nSPS) is 11.3. The van der Waals surface area contributed by atoms with Gasteiger partial charge in [0.15, 0.2) is 10.4 Å². The summed E-state index contributed by atoms with van der Waals surface area (Å²) in [6, 6.07) is 5.29. The molecule has 0 spiro atoms. The van der Waals surface area contributed by atoms with E-state index < -0.39 is 4.84 Å². The van der Waals surface area contributed by atoms with Crippen molar-refractivity contribution in [1.82, 2.24) is 4.98 Å². The zero-order valence-corrected chi connectivity index (χ0v) is 8.01. The van der Waals surface area contributed by atoms with Crippen LogP contribution in [0, 0.1) is 0 Å². The lowest BCUT2D eigenvalue weighted by molar-refractivity contribution is 0.550. The van der Waals surface area contributed by atoms with Gasteiger partial charge in [0.05, 0.1) is 5.69 Å². The van der Waals surface area contributed by atoms with Crippen molar-refractivity contribution in [1.29, 1.82) is 0 Å². The minimum Gasteiger partial charge on any atom is -0.438 e. The Hall–Kier alpha value is -0.930. The van der Waals surface area contributed by atoms with Crippen LogP contribution >= 0.6 is 23.2 Å². The number of fused-ring (bicyclic) bond motifs is 1. The number of nitrogens with two attached hydrogens (primary N) is 1. The molecule has 13 heavy (non-hydrogen) atoms. The number of benzene rings is 1. The number of oxazole rings is 1. The molecule has 2 N–H and O–H groups in total. The van der Waals surface area contributed by atoms with Crippen LogP contribution in [0.3, 0.4) is 0 Å². The van der Waals surface area contributed by atoms with Crippen molar-refractivity contribution in [3.05, 3.63) is 24.1 Å². The number of nitrogens with zero attached hydrogens (tertiary/aromatic N) is 1. The molecule has 0 saturated carbocycles. The summed E-state index contributed by atoms with van der Waals surface area (Å²) >= 11 is 11.2. The SMILES string of the molecule is Nc1cccc2oc(C(Cl)Cl)nc12. The highest BCUT2D eigenvalue weighted by atomic mass is 35.5. The van der Waals surface area contributed by atoms with E-state index in [1.165, 1.54) is 0 Å². The van der Waals surface area contributed by atoms with Gasteiger partial charge < -0.3 is 10.2 Å². The Labute approximate surface area is 84.4 Å². The van der Waals surface area contributed by atoms with E-state index in [9.17, 15) is 0 Å². The van der Waals surface area contributed by atoms with Gasteiger partial charge >= 0.3 is 0 Å². The third kappa shape index (κ3) is 1.45. The number of nitrogen functional groups attached to an aromatic ring is 1. The highest BCUT2D eigenvalue weighted by Gasteiger charge is 2.13. The molecule has 0 bridgehead atoms. The largest absolute Gasteiger partial charge is 0.438 e. The minimum absolute atomic E-state index is 0.274. The van der Waals surface area contributed by atoms with Gasteiger partial charge in [-0.25, -0.2) is 4.98 Å². The van der Waals surface area contributed by atoms with Gasteiger partial charge in [0.1, 0.15) is 5.52 Å². The average molecular weight is 217 g/mol. The Morgan fingerprint density at radius 1 is 1.38 bits per heavy atom. The molecule has 1 aromatic carbocycles. The van der Waals surface area contributed by atoms with Crippen LogP contribution in [0.2, 0.25) is 0 Å². The van der Waals surface area contributed by atoms with Crippen LogP contribution in [0.5, 0.6) is 0 Å². The molecule has 0 fully saturated rings. The van der Waals surface area contributed by atoms with Crippen LogP contribution in [0.4, 0.5) is 5.69 Å². The summed E-state index contributed by atoms with van der Waals surface area (Å²) in [7, 11) is 0. The molecule has 68 valence electrons. The Bertz CT molecular complexity index is 439. The maximum atomic E-state index is 5.66. The Balaban J connectivity index is 2.68. The topological polar surface area (TPSA) is 52.0 Å². The van der Waals surface area contributed by atoms with Gasteiger partial charge in [-0.2, -0.15) is 0 Å². The van der Waals surface area contributed by atoms with Crippen molar-refractivity contribution >= 4 is 40.0 Å². The van der Waals surface area contributed by atoms with Gasteiger partial charge in [-0.1, -0.05) is 29.3 Å². The third-order valence-electron chi connectivity index (χ3n) is 1.65. The standard InChI is InChI=1S/C8H6Cl2N2O/c9-7(10)8-12-6-4(11)2-1-3-5(6)13-8/h1-3,7H,11H2. The zero-order valence-electron chi connectivity index (χ0n) is 6.50. The quantitative estimate of drug-likeness (QED) is 0.590. The summed E-state index contributed by atoms with van der Waals surface area (Å²) < 4.78 is 5.26. The molecule has 2 rings (SSSR count). The first-order chi connectivity index (χ1) is 6.18. The highest BCUT2D eigenvalue weighted by molar-refractivity contribution is 6.43. The van der Waals surface area contributed by atoms with Crippen molar-refractivity contribution in [2.45, 2.75) is 4.84 Å². The van der Waals surface area contributed by atoms with Crippen molar-refractivity contribution < 1.29 is 4.42 Å². The molecule has 0 amide bonds. The van der Waals surface area contributed by atoms with Gasteiger partial charge in [0.2, 0.25) is 5.89 Å². The van der Waals surface area contributed by atoms with Gasteiger partial charge in [-0.15, -0.1) is 0 Å². The van der Waals surface area contributed by atoms with E-state index in [1.807, 2.05) is 0 Å². The van der Waals surface area contributed by atoms with Crippen molar-refractivity contribution in [3.63, 3.8) is 0 Å². The van der Waals surface area contributed by atoms with E-state index >= 15 is 0 Å². The monoisotopic (exact) mass is 216 g/mol. The van der Waals surface area contributed by atoms with Crippen molar-refractivity contribution in [3.8, 4) is 0 Å². The molecule has 0 radical (unpaired) electrons. The highest BCUT2D eigenvalue weighted by Crippen LogP contribution is 2.29. The smallest absolute Gasteiger partial charge is 0.228 e. The summed E-state index contributed by atoms with van der Waals surface area (Å²) in [6.45, 7) is 0. The maximum Gasteiger partial charge on any atom is 0.228 e. The summed E-state index contributed by atoms with van der Waals surface area (Å²) in [5, 5.41) is 0. The molecule has 0 aliphatic heterocycles. The summed E-state index contributed by atoms with van der Waals surface area (Å²) in [6.07, 6.45) is 0. The van der Waals surface area contributed by atoms with E-state index in [-0.39, 0.29) is 5.89 Å². The molecule has 0 aliphatic rings. The molecule has 5 heteroatoms. The fourth-order valence-electron chi connectivity index (χ4n) is 1.08. The predicted octanol–water partition coefficient (Wildman–Crippen LogP) is 2.89. The number of para-hydroxylation sites is 1. The number of aromatic nitrogens is 1. The van der Waals surface area contributed by atoms with E-state index in [0.29, 0.717) is 16.8 Å². The molecular formula is C8H6Cl2N2O. The first-order valence-corrected chi connectivity index (χ1v) is 4.49. The Morgan fingerprint density at radius 3 is 2.77 bits per heavy atom.